The van der Waals surface area contributed by atoms with Crippen LogP contribution in [0.2, 0.25) is 5.02 Å². The molecule has 4 rings (SSSR count). The number of carbonyl (C=O) groups excluding carboxylic acids is 1. The fraction of sp³-hybridized carbons (Fsp3) is 0.190. The summed E-state index contributed by atoms with van der Waals surface area (Å²) in [5.41, 5.74) is 1.65. The van der Waals surface area contributed by atoms with E-state index in [-0.39, 0.29) is 5.91 Å². The smallest absolute Gasteiger partial charge is 0.258 e. The third-order valence-corrected chi connectivity index (χ3v) is 5.07. The van der Waals surface area contributed by atoms with Gasteiger partial charge in [0, 0.05) is 31.9 Å². The second-order valence-corrected chi connectivity index (χ2v) is 6.93. The summed E-state index contributed by atoms with van der Waals surface area (Å²) in [6.07, 6.45) is 0. The maximum absolute atomic E-state index is 12.3. The van der Waals surface area contributed by atoms with Crippen molar-refractivity contribution in [1.29, 1.82) is 0 Å². The van der Waals surface area contributed by atoms with Crippen LogP contribution in [-0.2, 0) is 0 Å². The summed E-state index contributed by atoms with van der Waals surface area (Å²) in [6.45, 7) is 3.59. The zero-order valence-corrected chi connectivity index (χ0v) is 16.0. The minimum atomic E-state index is -0.302. The number of nitrogens with zero attached hydrogens (tertiary/aromatic N) is 4. The van der Waals surface area contributed by atoms with Crippen LogP contribution < -0.4 is 15.1 Å². The Morgan fingerprint density at radius 3 is 2.18 bits per heavy atom. The second kappa shape index (κ2) is 8.27. The molecular weight excluding hydrogens is 374 g/mol. The first-order chi connectivity index (χ1) is 13.7. The molecule has 1 fully saturated rings. The van der Waals surface area contributed by atoms with E-state index in [9.17, 15) is 4.79 Å². The lowest BCUT2D eigenvalue weighted by molar-refractivity contribution is 0.102. The van der Waals surface area contributed by atoms with Crippen molar-refractivity contribution in [3.8, 4) is 0 Å². The third-order valence-electron chi connectivity index (χ3n) is 4.74. The highest BCUT2D eigenvalue weighted by atomic mass is 35.5. The largest absolute Gasteiger partial charge is 0.368 e. The summed E-state index contributed by atoms with van der Waals surface area (Å²) in [5.74, 6) is 0.907. The standard InChI is InChI=1S/C21H20ClN5O/c22-18-9-5-4-8-17(18)21(28)23-19-10-11-20(25-24-19)27-14-12-26(13-15-27)16-6-2-1-3-7-16/h1-11H,12-15H2,(H,23,24,28). The molecule has 0 saturated carbocycles. The molecule has 0 spiro atoms. The molecule has 1 aliphatic rings. The highest BCUT2D eigenvalue weighted by Gasteiger charge is 2.19. The summed E-state index contributed by atoms with van der Waals surface area (Å²) in [6, 6.07) is 21.0. The van der Waals surface area contributed by atoms with Crippen molar-refractivity contribution < 1.29 is 4.79 Å². The monoisotopic (exact) mass is 393 g/mol. The molecule has 1 aromatic heterocycles. The Labute approximate surface area is 168 Å². The van der Waals surface area contributed by atoms with Gasteiger partial charge < -0.3 is 15.1 Å². The van der Waals surface area contributed by atoms with Crippen molar-refractivity contribution in [2.45, 2.75) is 0 Å². The van der Waals surface area contributed by atoms with Crippen LogP contribution in [0.25, 0.3) is 0 Å². The van der Waals surface area contributed by atoms with E-state index in [0.29, 0.717) is 16.4 Å². The maximum atomic E-state index is 12.3. The molecular formula is C21H20ClN5O. The number of halogens is 1. The van der Waals surface area contributed by atoms with Gasteiger partial charge in [0.1, 0.15) is 0 Å². The lowest BCUT2D eigenvalue weighted by atomic mass is 10.2. The van der Waals surface area contributed by atoms with E-state index in [1.165, 1.54) is 5.69 Å². The first-order valence-corrected chi connectivity index (χ1v) is 9.53. The van der Waals surface area contributed by atoms with E-state index >= 15 is 0 Å². The Morgan fingerprint density at radius 1 is 0.821 bits per heavy atom. The average molecular weight is 394 g/mol. The van der Waals surface area contributed by atoms with E-state index in [4.69, 9.17) is 11.6 Å². The van der Waals surface area contributed by atoms with Gasteiger partial charge in [0.15, 0.2) is 11.6 Å². The molecule has 2 heterocycles. The van der Waals surface area contributed by atoms with Crippen molar-refractivity contribution in [1.82, 2.24) is 10.2 Å². The summed E-state index contributed by atoms with van der Waals surface area (Å²) in [7, 11) is 0. The topological polar surface area (TPSA) is 61.4 Å². The zero-order valence-electron chi connectivity index (χ0n) is 15.3. The number of benzene rings is 2. The van der Waals surface area contributed by atoms with Gasteiger partial charge in [-0.3, -0.25) is 4.79 Å². The fourth-order valence-corrected chi connectivity index (χ4v) is 3.44. The van der Waals surface area contributed by atoms with Crippen molar-refractivity contribution in [3.63, 3.8) is 0 Å². The first-order valence-electron chi connectivity index (χ1n) is 9.15. The van der Waals surface area contributed by atoms with Crippen LogP contribution >= 0.6 is 11.6 Å². The number of carbonyl (C=O) groups is 1. The maximum Gasteiger partial charge on any atom is 0.258 e. The van der Waals surface area contributed by atoms with Crippen LogP contribution in [0.1, 0.15) is 10.4 Å². The van der Waals surface area contributed by atoms with Crippen molar-refractivity contribution in [3.05, 3.63) is 77.3 Å². The number of rotatable bonds is 4. The molecule has 0 unspecified atom stereocenters. The molecule has 0 aliphatic carbocycles. The molecule has 6 nitrogen and oxygen atoms in total. The normalized spacial score (nSPS) is 14.0. The summed E-state index contributed by atoms with van der Waals surface area (Å²) in [5, 5.41) is 11.6. The highest BCUT2D eigenvalue weighted by Crippen LogP contribution is 2.20. The third kappa shape index (κ3) is 4.07. The lowest BCUT2D eigenvalue weighted by Gasteiger charge is -2.36. The van der Waals surface area contributed by atoms with Gasteiger partial charge in [-0.05, 0) is 36.4 Å². The molecule has 1 aliphatic heterocycles. The Balaban J connectivity index is 1.36. The van der Waals surface area contributed by atoms with Gasteiger partial charge in [0.25, 0.3) is 5.91 Å². The summed E-state index contributed by atoms with van der Waals surface area (Å²) >= 11 is 6.06. The quantitative estimate of drug-likeness (QED) is 0.732. The van der Waals surface area contributed by atoms with Gasteiger partial charge in [-0.25, -0.2) is 0 Å². The Morgan fingerprint density at radius 2 is 1.50 bits per heavy atom. The van der Waals surface area contributed by atoms with Crippen LogP contribution in [0.3, 0.4) is 0 Å². The fourth-order valence-electron chi connectivity index (χ4n) is 3.22. The number of hydrogen-bond donors (Lipinski definition) is 1. The number of piperazine rings is 1. The predicted molar refractivity (Wildman–Crippen MR) is 112 cm³/mol. The van der Waals surface area contributed by atoms with Crippen LogP contribution in [0.5, 0.6) is 0 Å². The Hall–Kier alpha value is -3.12. The molecule has 0 radical (unpaired) electrons. The van der Waals surface area contributed by atoms with Crippen LogP contribution in [0.4, 0.5) is 17.3 Å². The minimum Gasteiger partial charge on any atom is -0.368 e. The number of nitrogens with one attached hydrogen (secondary N) is 1. The van der Waals surface area contributed by atoms with Crippen molar-refractivity contribution in [2.75, 3.05) is 41.3 Å². The molecule has 28 heavy (non-hydrogen) atoms. The highest BCUT2D eigenvalue weighted by molar-refractivity contribution is 6.34. The second-order valence-electron chi connectivity index (χ2n) is 6.52. The lowest BCUT2D eigenvalue weighted by Crippen LogP contribution is -2.46. The van der Waals surface area contributed by atoms with Crippen LogP contribution in [0, 0.1) is 0 Å². The van der Waals surface area contributed by atoms with Crippen molar-refractivity contribution in [2.24, 2.45) is 0 Å². The van der Waals surface area contributed by atoms with Crippen LogP contribution in [0.15, 0.2) is 66.7 Å². The molecule has 7 heteroatoms. The molecule has 0 bridgehead atoms. The van der Waals surface area contributed by atoms with E-state index < -0.39 is 0 Å². The summed E-state index contributed by atoms with van der Waals surface area (Å²) < 4.78 is 0. The number of anilines is 3. The number of hydrogen-bond acceptors (Lipinski definition) is 5. The Kier molecular flexibility index (Phi) is 5.39. The molecule has 2 aromatic carbocycles. The average Bonchev–Trinajstić information content (AvgIpc) is 2.75. The van der Waals surface area contributed by atoms with Gasteiger partial charge in [-0.2, -0.15) is 0 Å². The Bertz CT molecular complexity index is 941. The SMILES string of the molecule is O=C(Nc1ccc(N2CCN(c3ccccc3)CC2)nn1)c1ccccc1Cl. The van der Waals surface area contributed by atoms with Crippen LogP contribution in [-0.4, -0.2) is 42.3 Å². The van der Waals surface area contributed by atoms with Gasteiger partial charge in [-0.1, -0.05) is 41.9 Å². The van der Waals surface area contributed by atoms with E-state index in [2.05, 4.69) is 49.6 Å². The van der Waals surface area contributed by atoms with Gasteiger partial charge in [0.2, 0.25) is 0 Å². The van der Waals surface area contributed by atoms with E-state index in [1.54, 1.807) is 30.3 Å². The number of amides is 1. The predicted octanol–water partition coefficient (Wildman–Crippen LogP) is 3.71. The van der Waals surface area contributed by atoms with E-state index in [0.717, 1.165) is 32.0 Å². The molecule has 1 N–H and O–H groups in total. The molecule has 3 aromatic rings. The van der Waals surface area contributed by atoms with Crippen molar-refractivity contribution >= 4 is 34.8 Å². The molecule has 0 atom stereocenters. The first kappa shape index (κ1) is 18.3. The van der Waals surface area contributed by atoms with Gasteiger partial charge in [0.05, 0.1) is 10.6 Å². The molecule has 142 valence electrons. The van der Waals surface area contributed by atoms with Gasteiger partial charge in [-0.15, -0.1) is 10.2 Å². The zero-order chi connectivity index (χ0) is 19.3. The number of para-hydroxylation sites is 1. The minimum absolute atomic E-state index is 0.302. The number of aromatic nitrogens is 2. The summed E-state index contributed by atoms with van der Waals surface area (Å²) in [4.78, 5) is 16.9. The van der Waals surface area contributed by atoms with E-state index in [1.807, 2.05) is 12.1 Å². The molecule has 1 saturated heterocycles. The molecule has 1 amide bonds. The van der Waals surface area contributed by atoms with Gasteiger partial charge >= 0.3 is 0 Å².